The standard InChI is InChI=1S/C14H28F3NOSi/c1-5-6-7-8-9-10-11-12-20(3,4)18(2)13(19)14(15,16)17/h5-12H2,1-4H3. The maximum Gasteiger partial charge on any atom is 0.470 e. The van der Waals surface area contributed by atoms with E-state index in [1.807, 2.05) is 13.1 Å². The van der Waals surface area contributed by atoms with Gasteiger partial charge in [-0.25, -0.2) is 0 Å². The summed E-state index contributed by atoms with van der Waals surface area (Å²) >= 11 is 0. The third-order valence-electron chi connectivity index (χ3n) is 3.85. The minimum absolute atomic E-state index is 0.735. The predicted molar refractivity (Wildman–Crippen MR) is 79.1 cm³/mol. The van der Waals surface area contributed by atoms with Gasteiger partial charge in [0.25, 0.3) is 0 Å². The first-order valence-corrected chi connectivity index (χ1v) is 10.6. The van der Waals surface area contributed by atoms with E-state index in [0.717, 1.165) is 29.9 Å². The van der Waals surface area contributed by atoms with Crippen LogP contribution in [0, 0.1) is 0 Å². The van der Waals surface area contributed by atoms with E-state index in [-0.39, 0.29) is 0 Å². The second-order valence-electron chi connectivity index (χ2n) is 6.05. The van der Waals surface area contributed by atoms with Crippen molar-refractivity contribution in [3.8, 4) is 0 Å². The molecule has 0 saturated heterocycles. The van der Waals surface area contributed by atoms with E-state index in [1.54, 1.807) is 0 Å². The van der Waals surface area contributed by atoms with Crippen molar-refractivity contribution in [2.24, 2.45) is 0 Å². The molecule has 0 rings (SSSR count). The van der Waals surface area contributed by atoms with Crippen LogP contribution < -0.4 is 0 Å². The summed E-state index contributed by atoms with van der Waals surface area (Å²) in [5.41, 5.74) is 0. The minimum atomic E-state index is -4.75. The highest BCUT2D eigenvalue weighted by molar-refractivity contribution is 6.76. The second-order valence-corrected chi connectivity index (χ2v) is 10.8. The van der Waals surface area contributed by atoms with Gasteiger partial charge in [-0.3, -0.25) is 4.79 Å². The van der Waals surface area contributed by atoms with Gasteiger partial charge in [-0.05, 0) is 6.04 Å². The molecule has 0 radical (unpaired) electrons. The molecular weight excluding hydrogens is 283 g/mol. The SMILES string of the molecule is CCCCCCCCC[Si](C)(C)N(C)C(=O)C(F)(F)F. The van der Waals surface area contributed by atoms with Gasteiger partial charge in [0, 0.05) is 7.05 Å². The van der Waals surface area contributed by atoms with Crippen LogP contribution in [0.4, 0.5) is 13.2 Å². The van der Waals surface area contributed by atoms with Crippen LogP contribution in [0.5, 0.6) is 0 Å². The smallest absolute Gasteiger partial charge is 0.365 e. The fourth-order valence-corrected chi connectivity index (χ4v) is 4.27. The van der Waals surface area contributed by atoms with Crippen LogP contribution >= 0.6 is 0 Å². The van der Waals surface area contributed by atoms with Gasteiger partial charge in [-0.15, -0.1) is 0 Å². The van der Waals surface area contributed by atoms with Crippen molar-refractivity contribution in [3.63, 3.8) is 0 Å². The zero-order valence-corrected chi connectivity index (χ0v) is 14.1. The lowest BCUT2D eigenvalue weighted by molar-refractivity contribution is -0.179. The van der Waals surface area contributed by atoms with Gasteiger partial charge in [0.2, 0.25) is 0 Å². The molecule has 0 aromatic carbocycles. The number of amides is 1. The van der Waals surface area contributed by atoms with Gasteiger partial charge in [-0.1, -0.05) is 65.0 Å². The zero-order chi connectivity index (χ0) is 15.8. The minimum Gasteiger partial charge on any atom is -0.365 e. The van der Waals surface area contributed by atoms with Gasteiger partial charge < -0.3 is 4.57 Å². The van der Waals surface area contributed by atoms with Gasteiger partial charge in [0.05, 0.1) is 0 Å². The molecule has 0 bridgehead atoms. The number of alkyl halides is 3. The number of nitrogens with zero attached hydrogens (tertiary/aromatic N) is 1. The Kier molecular flexibility index (Phi) is 8.47. The molecule has 0 fully saturated rings. The monoisotopic (exact) mass is 311 g/mol. The van der Waals surface area contributed by atoms with Crippen molar-refractivity contribution in [1.29, 1.82) is 0 Å². The molecule has 0 aliphatic heterocycles. The van der Waals surface area contributed by atoms with Gasteiger partial charge in [-0.2, -0.15) is 13.2 Å². The molecule has 0 N–H and O–H groups in total. The molecule has 1 amide bonds. The number of hydrogen-bond donors (Lipinski definition) is 0. The highest BCUT2D eigenvalue weighted by atomic mass is 28.3. The Bertz CT molecular complexity index is 293. The fraction of sp³-hybridized carbons (Fsp3) is 0.929. The molecule has 0 aliphatic rings. The lowest BCUT2D eigenvalue weighted by Crippen LogP contribution is -2.53. The van der Waals surface area contributed by atoms with E-state index < -0.39 is 20.3 Å². The van der Waals surface area contributed by atoms with Crippen molar-refractivity contribution in [2.75, 3.05) is 7.05 Å². The second kappa shape index (κ2) is 8.69. The summed E-state index contributed by atoms with van der Waals surface area (Å²) in [4.78, 5) is 11.3. The zero-order valence-electron chi connectivity index (χ0n) is 13.1. The van der Waals surface area contributed by atoms with Crippen LogP contribution in [0.3, 0.4) is 0 Å². The van der Waals surface area contributed by atoms with Crippen LogP contribution in [0.2, 0.25) is 19.1 Å². The molecule has 0 spiro atoms. The first-order valence-electron chi connectivity index (χ1n) is 7.48. The predicted octanol–water partition coefficient (Wildman–Crippen LogP) is 4.96. The van der Waals surface area contributed by atoms with Crippen LogP contribution in [0.15, 0.2) is 0 Å². The Morgan fingerprint density at radius 2 is 1.45 bits per heavy atom. The maximum absolute atomic E-state index is 12.4. The van der Waals surface area contributed by atoms with Crippen molar-refractivity contribution in [2.45, 2.75) is 77.2 Å². The highest BCUT2D eigenvalue weighted by Gasteiger charge is 2.45. The van der Waals surface area contributed by atoms with Crippen LogP contribution in [0.25, 0.3) is 0 Å². The average molecular weight is 311 g/mol. The van der Waals surface area contributed by atoms with Crippen molar-refractivity contribution < 1.29 is 18.0 Å². The Balaban J connectivity index is 4.03. The first kappa shape index (κ1) is 19.5. The number of carbonyl (C=O) groups excluding carboxylic acids is 1. The quantitative estimate of drug-likeness (QED) is 0.435. The molecule has 120 valence electrons. The van der Waals surface area contributed by atoms with E-state index in [0.29, 0.717) is 0 Å². The molecule has 0 aromatic rings. The number of rotatable bonds is 9. The van der Waals surface area contributed by atoms with E-state index in [9.17, 15) is 18.0 Å². The lowest BCUT2D eigenvalue weighted by atomic mass is 10.1. The topological polar surface area (TPSA) is 20.3 Å². The summed E-state index contributed by atoms with van der Waals surface area (Å²) in [6, 6.07) is 0.735. The Morgan fingerprint density at radius 3 is 1.90 bits per heavy atom. The van der Waals surface area contributed by atoms with Crippen molar-refractivity contribution in [1.82, 2.24) is 4.57 Å². The highest BCUT2D eigenvalue weighted by Crippen LogP contribution is 2.25. The van der Waals surface area contributed by atoms with Gasteiger partial charge >= 0.3 is 12.1 Å². The third kappa shape index (κ3) is 7.31. The average Bonchev–Trinajstić information content (AvgIpc) is 2.34. The molecule has 0 heterocycles. The number of carbonyl (C=O) groups is 1. The summed E-state index contributed by atoms with van der Waals surface area (Å²) in [6.45, 7) is 5.82. The summed E-state index contributed by atoms with van der Waals surface area (Å²) < 4.78 is 38.2. The third-order valence-corrected chi connectivity index (χ3v) is 7.44. The summed E-state index contributed by atoms with van der Waals surface area (Å²) in [5, 5.41) is 0. The van der Waals surface area contributed by atoms with E-state index in [4.69, 9.17) is 0 Å². The molecule has 0 unspecified atom stereocenters. The Labute approximate surface area is 121 Å². The number of unbranched alkanes of at least 4 members (excludes halogenated alkanes) is 6. The number of hydrogen-bond acceptors (Lipinski definition) is 1. The van der Waals surface area contributed by atoms with Crippen molar-refractivity contribution >= 4 is 14.1 Å². The van der Waals surface area contributed by atoms with Crippen molar-refractivity contribution in [3.05, 3.63) is 0 Å². The maximum atomic E-state index is 12.4. The molecule has 2 nitrogen and oxygen atoms in total. The molecule has 0 aliphatic carbocycles. The summed E-state index contributed by atoms with van der Waals surface area (Å²) in [7, 11) is -0.996. The Morgan fingerprint density at radius 1 is 1.00 bits per heavy atom. The molecule has 0 atom stereocenters. The van der Waals surface area contributed by atoms with Crippen LogP contribution in [-0.4, -0.2) is 31.9 Å². The fourth-order valence-electron chi connectivity index (χ4n) is 2.15. The lowest BCUT2D eigenvalue weighted by Gasteiger charge is -2.34. The molecular formula is C14H28F3NOSi. The molecule has 0 aromatic heterocycles. The van der Waals surface area contributed by atoms with Crippen LogP contribution in [0.1, 0.15) is 51.9 Å². The molecule has 6 heteroatoms. The summed E-state index contributed by atoms with van der Waals surface area (Å²) in [6.07, 6.45) is 3.26. The van der Waals surface area contributed by atoms with Gasteiger partial charge in [0.1, 0.15) is 0 Å². The first-order chi connectivity index (χ1) is 9.13. The van der Waals surface area contributed by atoms with Gasteiger partial charge in [0.15, 0.2) is 8.24 Å². The Hall–Kier alpha value is -0.523. The van der Waals surface area contributed by atoms with E-state index >= 15 is 0 Å². The molecule has 20 heavy (non-hydrogen) atoms. The molecule has 0 saturated carbocycles. The summed E-state index contributed by atoms with van der Waals surface area (Å²) in [5.74, 6) is -1.70. The van der Waals surface area contributed by atoms with E-state index in [1.165, 1.54) is 32.7 Å². The normalized spacial score (nSPS) is 12.6. The largest absolute Gasteiger partial charge is 0.470 e. The van der Waals surface area contributed by atoms with E-state index in [2.05, 4.69) is 6.92 Å². The van der Waals surface area contributed by atoms with Crippen LogP contribution in [-0.2, 0) is 4.79 Å². The number of halogens is 3.